The van der Waals surface area contributed by atoms with E-state index in [0.29, 0.717) is 21.6 Å². The fourth-order valence-corrected chi connectivity index (χ4v) is 6.52. The summed E-state index contributed by atoms with van der Waals surface area (Å²) in [4.78, 5) is 11.3. The fourth-order valence-electron chi connectivity index (χ4n) is 2.40. The maximum absolute atomic E-state index is 12.7. The molecule has 1 aromatic heterocycles. The lowest BCUT2D eigenvalue weighted by molar-refractivity contribution is -0.118. The Morgan fingerprint density at radius 1 is 1.53 bits per heavy atom. The summed E-state index contributed by atoms with van der Waals surface area (Å²) < 4.78 is 27.8. The van der Waals surface area contributed by atoms with E-state index in [-0.39, 0.29) is 11.8 Å². The molecule has 0 aromatic carbocycles. The molecular formula is C12H16BrNO3S2. The molecule has 1 aliphatic heterocycles. The highest BCUT2D eigenvalue weighted by Gasteiger charge is 2.35. The molecule has 19 heavy (non-hydrogen) atoms. The van der Waals surface area contributed by atoms with E-state index < -0.39 is 10.0 Å². The van der Waals surface area contributed by atoms with E-state index >= 15 is 0 Å². The topological polar surface area (TPSA) is 54.5 Å². The highest BCUT2D eigenvalue weighted by molar-refractivity contribution is 9.10. The number of rotatable bonds is 4. The summed E-state index contributed by atoms with van der Waals surface area (Å²) in [6.45, 7) is 2.02. The maximum atomic E-state index is 12.7. The molecule has 0 bridgehead atoms. The predicted octanol–water partition coefficient (Wildman–Crippen LogP) is 3.03. The minimum Gasteiger partial charge on any atom is -0.300 e. The number of thiophene rings is 1. The molecule has 106 valence electrons. The van der Waals surface area contributed by atoms with Gasteiger partial charge in [-0.2, -0.15) is 4.31 Å². The Kier molecular flexibility index (Phi) is 4.81. The molecule has 0 amide bonds. The highest BCUT2D eigenvalue weighted by Crippen LogP contribution is 2.34. The second kappa shape index (κ2) is 6.03. The number of carbonyl (C=O) groups is 1. The number of halogens is 1. The van der Waals surface area contributed by atoms with Gasteiger partial charge in [-0.25, -0.2) is 8.42 Å². The first kappa shape index (κ1) is 15.2. The minimum absolute atomic E-state index is 0.0392. The molecule has 1 fully saturated rings. The Morgan fingerprint density at radius 2 is 2.26 bits per heavy atom. The van der Waals surface area contributed by atoms with Crippen molar-refractivity contribution < 1.29 is 13.2 Å². The van der Waals surface area contributed by atoms with Gasteiger partial charge >= 0.3 is 0 Å². The molecule has 2 rings (SSSR count). The van der Waals surface area contributed by atoms with Crippen molar-refractivity contribution >= 4 is 43.1 Å². The molecule has 0 radical (unpaired) electrons. The van der Waals surface area contributed by atoms with E-state index in [1.807, 2.05) is 0 Å². The van der Waals surface area contributed by atoms with Gasteiger partial charge in [0.2, 0.25) is 0 Å². The lowest BCUT2D eigenvalue weighted by Crippen LogP contribution is -2.44. The number of Topliss-reactive ketones (excluding diaryl/α,β-unsaturated/α-hetero) is 1. The van der Waals surface area contributed by atoms with Gasteiger partial charge in [0.1, 0.15) is 9.99 Å². The van der Waals surface area contributed by atoms with Gasteiger partial charge in [0.25, 0.3) is 10.0 Å². The molecule has 7 heteroatoms. The maximum Gasteiger partial charge on any atom is 0.253 e. The largest absolute Gasteiger partial charge is 0.300 e. The third-order valence-corrected chi connectivity index (χ3v) is 7.82. The second-order valence-electron chi connectivity index (χ2n) is 4.73. The van der Waals surface area contributed by atoms with Crippen LogP contribution in [-0.2, 0) is 14.8 Å². The Bertz CT molecular complexity index is 567. The third kappa shape index (κ3) is 3.26. The summed E-state index contributed by atoms with van der Waals surface area (Å²) in [5, 5.41) is 1.75. The molecule has 0 N–H and O–H groups in total. The molecule has 1 aromatic rings. The number of hydrogen-bond acceptors (Lipinski definition) is 4. The van der Waals surface area contributed by atoms with E-state index in [4.69, 9.17) is 0 Å². The SMILES string of the molecule is CC(=O)CC1CCCCN1S(=O)(=O)c1sccc1Br. The lowest BCUT2D eigenvalue weighted by atomic mass is 10.0. The number of nitrogens with zero attached hydrogens (tertiary/aromatic N) is 1. The van der Waals surface area contributed by atoms with Gasteiger partial charge in [-0.15, -0.1) is 11.3 Å². The van der Waals surface area contributed by atoms with Crippen molar-refractivity contribution in [3.63, 3.8) is 0 Å². The quantitative estimate of drug-likeness (QED) is 0.823. The van der Waals surface area contributed by atoms with Gasteiger partial charge in [0, 0.05) is 23.5 Å². The van der Waals surface area contributed by atoms with Crippen LogP contribution >= 0.6 is 27.3 Å². The first-order valence-corrected chi connectivity index (χ1v) is 9.28. The van der Waals surface area contributed by atoms with Gasteiger partial charge in [0.15, 0.2) is 0 Å². The number of sulfonamides is 1. The number of piperidine rings is 1. The van der Waals surface area contributed by atoms with E-state index in [1.54, 1.807) is 11.4 Å². The van der Waals surface area contributed by atoms with E-state index in [2.05, 4.69) is 15.9 Å². The number of hydrogen-bond donors (Lipinski definition) is 0. The van der Waals surface area contributed by atoms with Crippen LogP contribution in [0.2, 0.25) is 0 Å². The van der Waals surface area contributed by atoms with Crippen LogP contribution in [0, 0.1) is 0 Å². The van der Waals surface area contributed by atoms with Crippen LogP contribution in [0.1, 0.15) is 32.6 Å². The van der Waals surface area contributed by atoms with Crippen LogP contribution in [0.3, 0.4) is 0 Å². The summed E-state index contributed by atoms with van der Waals surface area (Å²) in [6.07, 6.45) is 2.91. The summed E-state index contributed by atoms with van der Waals surface area (Å²) >= 11 is 4.49. The van der Waals surface area contributed by atoms with Crippen molar-refractivity contribution in [3.8, 4) is 0 Å². The van der Waals surface area contributed by atoms with Gasteiger partial charge < -0.3 is 0 Å². The third-order valence-electron chi connectivity index (χ3n) is 3.22. The fraction of sp³-hybridized carbons (Fsp3) is 0.583. The standard InChI is InChI=1S/C12H16BrNO3S2/c1-9(15)8-10-4-2-3-6-14(10)19(16,17)12-11(13)5-7-18-12/h5,7,10H,2-4,6,8H2,1H3. The molecule has 0 spiro atoms. The molecular weight excluding hydrogens is 350 g/mol. The van der Waals surface area contributed by atoms with Crippen molar-refractivity contribution in [2.45, 2.75) is 42.9 Å². The molecule has 2 heterocycles. The van der Waals surface area contributed by atoms with E-state index in [9.17, 15) is 13.2 Å². The zero-order chi connectivity index (χ0) is 14.0. The monoisotopic (exact) mass is 365 g/mol. The Labute approximate surface area is 126 Å². The number of carbonyl (C=O) groups excluding carboxylic acids is 1. The summed E-state index contributed by atoms with van der Waals surface area (Å²) in [5.41, 5.74) is 0. The van der Waals surface area contributed by atoms with Crippen LogP contribution in [0.15, 0.2) is 20.1 Å². The lowest BCUT2D eigenvalue weighted by Gasteiger charge is -2.33. The molecule has 4 nitrogen and oxygen atoms in total. The zero-order valence-electron chi connectivity index (χ0n) is 10.6. The van der Waals surface area contributed by atoms with Gasteiger partial charge in [-0.05, 0) is 47.1 Å². The first-order valence-electron chi connectivity index (χ1n) is 6.17. The van der Waals surface area contributed by atoms with Crippen LogP contribution < -0.4 is 0 Å². The van der Waals surface area contributed by atoms with Crippen molar-refractivity contribution in [2.75, 3.05) is 6.54 Å². The van der Waals surface area contributed by atoms with Crippen LogP contribution in [0.25, 0.3) is 0 Å². The second-order valence-corrected chi connectivity index (χ2v) is 8.58. The molecule has 0 saturated carbocycles. The number of ketones is 1. The average Bonchev–Trinajstić information content (AvgIpc) is 2.76. The molecule has 1 aliphatic rings. The summed E-state index contributed by atoms with van der Waals surface area (Å²) in [5.74, 6) is 0.0392. The van der Waals surface area contributed by atoms with Crippen LogP contribution in [-0.4, -0.2) is 31.1 Å². The summed E-state index contributed by atoms with van der Waals surface area (Å²) in [7, 11) is -3.49. The van der Waals surface area contributed by atoms with Crippen molar-refractivity contribution in [1.29, 1.82) is 0 Å². The van der Waals surface area contributed by atoms with Crippen molar-refractivity contribution in [3.05, 3.63) is 15.9 Å². The van der Waals surface area contributed by atoms with Gasteiger partial charge in [-0.3, -0.25) is 4.79 Å². The summed E-state index contributed by atoms with van der Waals surface area (Å²) in [6, 6.07) is 1.55. The van der Waals surface area contributed by atoms with Gasteiger partial charge in [0.05, 0.1) is 0 Å². The van der Waals surface area contributed by atoms with E-state index in [0.717, 1.165) is 19.3 Å². The molecule has 0 aliphatic carbocycles. The van der Waals surface area contributed by atoms with Gasteiger partial charge in [-0.1, -0.05) is 6.42 Å². The molecule has 1 unspecified atom stereocenters. The Morgan fingerprint density at radius 3 is 2.84 bits per heavy atom. The molecule has 1 atom stereocenters. The highest BCUT2D eigenvalue weighted by atomic mass is 79.9. The minimum atomic E-state index is -3.49. The van der Waals surface area contributed by atoms with Crippen molar-refractivity contribution in [2.24, 2.45) is 0 Å². The smallest absolute Gasteiger partial charge is 0.253 e. The first-order chi connectivity index (χ1) is 8.93. The van der Waals surface area contributed by atoms with Crippen LogP contribution in [0.4, 0.5) is 0 Å². The predicted molar refractivity (Wildman–Crippen MR) is 78.8 cm³/mol. The molecule has 1 saturated heterocycles. The Balaban J connectivity index is 2.32. The van der Waals surface area contributed by atoms with E-state index in [1.165, 1.54) is 22.6 Å². The zero-order valence-corrected chi connectivity index (χ0v) is 13.9. The van der Waals surface area contributed by atoms with Crippen molar-refractivity contribution in [1.82, 2.24) is 4.31 Å². The van der Waals surface area contributed by atoms with Crippen LogP contribution in [0.5, 0.6) is 0 Å². The normalized spacial score (nSPS) is 21.5. The Hall–Kier alpha value is -0.240. The average molecular weight is 366 g/mol.